The molecule has 0 saturated heterocycles. The maximum atomic E-state index is 11.7. The number of carboxylic acid groups (broad SMARTS) is 1. The summed E-state index contributed by atoms with van der Waals surface area (Å²) < 4.78 is 0. The van der Waals surface area contributed by atoms with Gasteiger partial charge in [-0.2, -0.15) is 5.10 Å². The SMILES string of the molecule is Cc1nnc(NC(=O)NC2(C(=O)O)CCC2)nc1C. The Morgan fingerprint density at radius 3 is 2.37 bits per heavy atom. The minimum Gasteiger partial charge on any atom is -0.480 e. The van der Waals surface area contributed by atoms with Gasteiger partial charge in [0.05, 0.1) is 11.4 Å². The standard InChI is InChI=1S/C11H15N5O3/c1-6-7(2)15-16-9(12-6)13-10(19)14-11(8(17)18)4-3-5-11/h3-5H2,1-2H3,(H,17,18)(H2,12,13,14,16,19). The van der Waals surface area contributed by atoms with E-state index in [1.807, 2.05) is 0 Å². The van der Waals surface area contributed by atoms with Crippen molar-refractivity contribution >= 4 is 17.9 Å². The number of carbonyl (C=O) groups excluding carboxylic acids is 1. The van der Waals surface area contributed by atoms with E-state index in [9.17, 15) is 9.59 Å². The number of amides is 2. The zero-order valence-electron chi connectivity index (χ0n) is 10.7. The summed E-state index contributed by atoms with van der Waals surface area (Å²) in [5.41, 5.74) is 0.172. The number of carboxylic acids is 1. The molecular weight excluding hydrogens is 250 g/mol. The second-order valence-electron chi connectivity index (χ2n) is 4.63. The third-order valence-electron chi connectivity index (χ3n) is 3.29. The number of urea groups is 1. The average molecular weight is 265 g/mol. The van der Waals surface area contributed by atoms with Crippen LogP contribution in [0.4, 0.5) is 10.7 Å². The second kappa shape index (κ2) is 4.79. The normalized spacial score (nSPS) is 16.3. The first-order valence-electron chi connectivity index (χ1n) is 5.93. The lowest BCUT2D eigenvalue weighted by Crippen LogP contribution is -2.60. The number of aromatic nitrogens is 3. The van der Waals surface area contributed by atoms with Gasteiger partial charge < -0.3 is 10.4 Å². The van der Waals surface area contributed by atoms with E-state index >= 15 is 0 Å². The number of hydrogen-bond donors (Lipinski definition) is 3. The Balaban J connectivity index is 2.01. The Kier molecular flexibility index (Phi) is 3.32. The zero-order valence-corrected chi connectivity index (χ0v) is 10.7. The van der Waals surface area contributed by atoms with Gasteiger partial charge in [-0.05, 0) is 33.1 Å². The third kappa shape index (κ3) is 2.61. The van der Waals surface area contributed by atoms with Crippen molar-refractivity contribution in [2.75, 3.05) is 5.32 Å². The molecule has 1 aromatic rings. The molecule has 1 aliphatic rings. The Morgan fingerprint density at radius 2 is 1.89 bits per heavy atom. The zero-order chi connectivity index (χ0) is 14.0. The van der Waals surface area contributed by atoms with Crippen LogP contribution in [0.25, 0.3) is 0 Å². The number of anilines is 1. The van der Waals surface area contributed by atoms with Gasteiger partial charge in [-0.25, -0.2) is 14.6 Å². The molecule has 1 fully saturated rings. The van der Waals surface area contributed by atoms with Gasteiger partial charge in [0.2, 0.25) is 0 Å². The largest absolute Gasteiger partial charge is 0.480 e. The fourth-order valence-corrected chi connectivity index (χ4v) is 1.78. The quantitative estimate of drug-likeness (QED) is 0.737. The second-order valence-corrected chi connectivity index (χ2v) is 4.63. The first-order chi connectivity index (χ1) is 8.93. The third-order valence-corrected chi connectivity index (χ3v) is 3.29. The smallest absolute Gasteiger partial charge is 0.329 e. The topological polar surface area (TPSA) is 117 Å². The molecule has 1 saturated carbocycles. The maximum absolute atomic E-state index is 11.7. The van der Waals surface area contributed by atoms with Gasteiger partial charge in [-0.1, -0.05) is 0 Å². The van der Waals surface area contributed by atoms with Crippen molar-refractivity contribution in [3.05, 3.63) is 11.4 Å². The van der Waals surface area contributed by atoms with E-state index in [2.05, 4.69) is 25.8 Å². The van der Waals surface area contributed by atoms with Crippen LogP contribution in [0.2, 0.25) is 0 Å². The minimum absolute atomic E-state index is 0.0560. The van der Waals surface area contributed by atoms with Gasteiger partial charge in [0, 0.05) is 0 Å². The molecule has 19 heavy (non-hydrogen) atoms. The number of hydrogen-bond acceptors (Lipinski definition) is 5. The van der Waals surface area contributed by atoms with Crippen molar-refractivity contribution in [2.24, 2.45) is 0 Å². The number of aliphatic carboxylic acids is 1. The molecule has 0 aromatic carbocycles. The lowest BCUT2D eigenvalue weighted by molar-refractivity contribution is -0.148. The highest BCUT2D eigenvalue weighted by atomic mass is 16.4. The number of carbonyl (C=O) groups is 2. The first-order valence-corrected chi connectivity index (χ1v) is 5.93. The Morgan fingerprint density at radius 1 is 1.21 bits per heavy atom. The van der Waals surface area contributed by atoms with E-state index in [0.717, 1.165) is 6.42 Å². The number of nitrogens with one attached hydrogen (secondary N) is 2. The first kappa shape index (κ1) is 13.2. The molecular formula is C11H15N5O3. The Hall–Kier alpha value is -2.25. The van der Waals surface area contributed by atoms with E-state index in [1.165, 1.54) is 0 Å². The predicted molar refractivity (Wildman–Crippen MR) is 65.7 cm³/mol. The van der Waals surface area contributed by atoms with Crippen molar-refractivity contribution in [1.29, 1.82) is 0 Å². The number of rotatable bonds is 3. The molecule has 8 nitrogen and oxygen atoms in total. The molecule has 102 valence electrons. The Labute approximate surface area is 109 Å². The van der Waals surface area contributed by atoms with Crippen LogP contribution >= 0.6 is 0 Å². The van der Waals surface area contributed by atoms with Gasteiger partial charge in [-0.3, -0.25) is 5.32 Å². The monoisotopic (exact) mass is 265 g/mol. The van der Waals surface area contributed by atoms with Crippen LogP contribution in [0.1, 0.15) is 30.7 Å². The van der Waals surface area contributed by atoms with E-state index in [4.69, 9.17) is 5.11 Å². The molecule has 0 radical (unpaired) electrons. The van der Waals surface area contributed by atoms with E-state index in [1.54, 1.807) is 13.8 Å². The van der Waals surface area contributed by atoms with E-state index in [-0.39, 0.29) is 5.95 Å². The van der Waals surface area contributed by atoms with Crippen LogP contribution in [-0.2, 0) is 4.79 Å². The summed E-state index contributed by atoms with van der Waals surface area (Å²) in [6.07, 6.45) is 1.65. The highest BCUT2D eigenvalue weighted by Crippen LogP contribution is 2.31. The molecule has 1 heterocycles. The van der Waals surface area contributed by atoms with E-state index < -0.39 is 17.5 Å². The van der Waals surface area contributed by atoms with Crippen LogP contribution < -0.4 is 10.6 Å². The summed E-state index contributed by atoms with van der Waals surface area (Å²) in [5, 5.41) is 21.5. The van der Waals surface area contributed by atoms with Crippen LogP contribution in [-0.4, -0.2) is 37.8 Å². The van der Waals surface area contributed by atoms with Crippen molar-refractivity contribution in [3.63, 3.8) is 0 Å². The Bertz CT molecular complexity index is 527. The highest BCUT2D eigenvalue weighted by molar-refractivity contribution is 5.93. The molecule has 3 N–H and O–H groups in total. The predicted octanol–water partition coefficient (Wildman–Crippen LogP) is 0.617. The lowest BCUT2D eigenvalue weighted by atomic mass is 9.77. The molecule has 8 heteroatoms. The van der Waals surface area contributed by atoms with Crippen LogP contribution in [0.3, 0.4) is 0 Å². The van der Waals surface area contributed by atoms with Gasteiger partial charge in [0.15, 0.2) is 0 Å². The van der Waals surface area contributed by atoms with Gasteiger partial charge >= 0.3 is 12.0 Å². The maximum Gasteiger partial charge on any atom is 0.329 e. The number of nitrogens with zero attached hydrogens (tertiary/aromatic N) is 3. The lowest BCUT2D eigenvalue weighted by Gasteiger charge is -2.37. The molecule has 2 amide bonds. The molecule has 0 unspecified atom stereocenters. The summed E-state index contributed by atoms with van der Waals surface area (Å²) >= 11 is 0. The van der Waals surface area contributed by atoms with Crippen LogP contribution in [0.5, 0.6) is 0 Å². The molecule has 2 rings (SSSR count). The summed E-state index contributed by atoms with van der Waals surface area (Å²) in [6, 6.07) is -0.632. The molecule has 1 aliphatic carbocycles. The summed E-state index contributed by atoms with van der Waals surface area (Å²) in [4.78, 5) is 26.9. The summed E-state index contributed by atoms with van der Waals surface area (Å²) in [5.74, 6) is -0.964. The van der Waals surface area contributed by atoms with Crippen molar-refractivity contribution in [2.45, 2.75) is 38.6 Å². The van der Waals surface area contributed by atoms with Crippen molar-refractivity contribution < 1.29 is 14.7 Å². The van der Waals surface area contributed by atoms with Gasteiger partial charge in [-0.15, -0.1) is 5.10 Å². The molecule has 0 aliphatic heterocycles. The molecule has 0 spiro atoms. The molecule has 0 atom stereocenters. The fourth-order valence-electron chi connectivity index (χ4n) is 1.78. The van der Waals surface area contributed by atoms with Gasteiger partial charge in [0.1, 0.15) is 5.54 Å². The van der Waals surface area contributed by atoms with Crippen molar-refractivity contribution in [1.82, 2.24) is 20.5 Å². The fraction of sp³-hybridized carbons (Fsp3) is 0.545. The average Bonchev–Trinajstić information content (AvgIpc) is 2.28. The minimum atomic E-state index is -1.16. The molecule has 0 bridgehead atoms. The summed E-state index contributed by atoms with van der Waals surface area (Å²) in [7, 11) is 0. The van der Waals surface area contributed by atoms with Crippen LogP contribution in [0.15, 0.2) is 0 Å². The highest BCUT2D eigenvalue weighted by Gasteiger charge is 2.45. The van der Waals surface area contributed by atoms with Gasteiger partial charge in [0.25, 0.3) is 5.95 Å². The van der Waals surface area contributed by atoms with Crippen molar-refractivity contribution in [3.8, 4) is 0 Å². The van der Waals surface area contributed by atoms with E-state index in [0.29, 0.717) is 24.2 Å². The summed E-state index contributed by atoms with van der Waals surface area (Å²) in [6.45, 7) is 3.50. The number of aryl methyl sites for hydroxylation is 2. The molecule has 1 aromatic heterocycles. The van der Waals surface area contributed by atoms with Crippen LogP contribution in [0, 0.1) is 13.8 Å².